The molecule has 0 rings (SSSR count). The van der Waals surface area contributed by atoms with Gasteiger partial charge >= 0.3 is 5.97 Å². The summed E-state index contributed by atoms with van der Waals surface area (Å²) < 4.78 is 5.44. The summed E-state index contributed by atoms with van der Waals surface area (Å²) in [6.07, 6.45) is 69.5. The first-order chi connectivity index (χ1) is 32.5. The maximum Gasteiger partial charge on any atom is 0.305 e. The number of amides is 1. The predicted octanol–water partition coefficient (Wildman–Crippen LogP) is 17.8. The molecule has 1 amide bonds. The molecule has 6 nitrogen and oxygen atoms in total. The van der Waals surface area contributed by atoms with Crippen molar-refractivity contribution in [2.75, 3.05) is 13.2 Å². The fourth-order valence-electron chi connectivity index (χ4n) is 8.63. The molecule has 0 radical (unpaired) electrons. The lowest BCUT2D eigenvalue weighted by Gasteiger charge is -2.22. The number of hydrogen-bond acceptors (Lipinski definition) is 5. The Labute approximate surface area is 410 Å². The third kappa shape index (κ3) is 51.2. The Kier molecular flexibility index (Phi) is 53.6. The summed E-state index contributed by atoms with van der Waals surface area (Å²) in [6, 6.07) is -0.555. The molecule has 0 saturated carbocycles. The molecule has 6 heteroatoms. The number of allylic oxidation sites excluding steroid dienone is 8. The van der Waals surface area contributed by atoms with Gasteiger partial charge in [-0.1, -0.05) is 242 Å². The van der Waals surface area contributed by atoms with Gasteiger partial charge in [-0.2, -0.15) is 0 Å². The molecule has 0 aromatic carbocycles. The SMILES string of the molecule is CCCC/C=C\C/C=C\CCCCCCCC(=O)OCCCCC/C=C\C/C=C\CCCCCCCCCC(=O)NC(CO)C(O)CCCCCCCCCCCCCCCCCCCC. The van der Waals surface area contributed by atoms with Crippen LogP contribution in [0.5, 0.6) is 0 Å². The van der Waals surface area contributed by atoms with Gasteiger partial charge in [-0.25, -0.2) is 0 Å². The summed E-state index contributed by atoms with van der Waals surface area (Å²) in [7, 11) is 0. The van der Waals surface area contributed by atoms with E-state index in [4.69, 9.17) is 4.74 Å². The van der Waals surface area contributed by atoms with Crippen molar-refractivity contribution >= 4 is 11.9 Å². The van der Waals surface area contributed by atoms with Gasteiger partial charge in [0, 0.05) is 12.8 Å². The Morgan fingerprint density at radius 3 is 1.20 bits per heavy atom. The van der Waals surface area contributed by atoms with Crippen LogP contribution in [0.25, 0.3) is 0 Å². The zero-order chi connectivity index (χ0) is 47.9. The van der Waals surface area contributed by atoms with E-state index in [0.29, 0.717) is 25.9 Å². The number of unbranched alkanes of at least 4 members (excludes halogenated alkanes) is 34. The molecule has 66 heavy (non-hydrogen) atoms. The molecule has 0 aliphatic rings. The Morgan fingerprint density at radius 2 is 0.773 bits per heavy atom. The summed E-state index contributed by atoms with van der Waals surface area (Å²) in [6.45, 7) is 4.87. The molecule has 2 unspecified atom stereocenters. The number of rotatable bonds is 53. The van der Waals surface area contributed by atoms with Gasteiger partial charge in [-0.15, -0.1) is 0 Å². The second-order valence-corrected chi connectivity index (χ2v) is 19.6. The molecule has 0 heterocycles. The van der Waals surface area contributed by atoms with Crippen molar-refractivity contribution in [2.24, 2.45) is 0 Å². The standard InChI is InChI=1S/C60H111NO5/c1-3-5-7-9-11-13-15-17-19-20-22-25-28-32-36-40-44-48-52-58(63)57(56-62)61-59(64)53-49-45-41-37-33-29-26-23-21-24-27-31-35-39-43-47-51-55-66-60(65)54-50-46-42-38-34-30-18-16-14-12-10-8-6-4-2/h10,12,16,18,21,24,31,35,57-58,62-63H,3-9,11,13-15,17,19-20,22-23,25-30,32-34,36-56H2,1-2H3,(H,61,64)/b12-10-,18-16-,24-21-,35-31-. The fourth-order valence-corrected chi connectivity index (χ4v) is 8.63. The Bertz CT molecular complexity index is 1110. The third-order valence-corrected chi connectivity index (χ3v) is 13.1. The number of ether oxygens (including phenoxy) is 1. The summed E-state index contributed by atoms with van der Waals surface area (Å²) in [5, 5.41) is 23.3. The Morgan fingerprint density at radius 1 is 0.424 bits per heavy atom. The van der Waals surface area contributed by atoms with Crippen LogP contribution in [0.3, 0.4) is 0 Å². The molecular formula is C60H111NO5. The zero-order valence-electron chi connectivity index (χ0n) is 43.9. The minimum absolute atomic E-state index is 0.0304. The molecular weight excluding hydrogens is 815 g/mol. The highest BCUT2D eigenvalue weighted by molar-refractivity contribution is 5.76. The molecule has 386 valence electrons. The largest absolute Gasteiger partial charge is 0.466 e. The highest BCUT2D eigenvalue weighted by Crippen LogP contribution is 2.17. The van der Waals surface area contributed by atoms with E-state index in [-0.39, 0.29) is 18.5 Å². The van der Waals surface area contributed by atoms with Gasteiger partial charge in [0.15, 0.2) is 0 Å². The summed E-state index contributed by atoms with van der Waals surface area (Å²) >= 11 is 0. The minimum atomic E-state index is -0.676. The maximum absolute atomic E-state index is 12.5. The lowest BCUT2D eigenvalue weighted by molar-refractivity contribution is -0.143. The molecule has 0 aliphatic heterocycles. The maximum atomic E-state index is 12.5. The predicted molar refractivity (Wildman–Crippen MR) is 287 cm³/mol. The van der Waals surface area contributed by atoms with E-state index in [0.717, 1.165) is 96.3 Å². The number of aliphatic hydroxyl groups is 2. The van der Waals surface area contributed by atoms with Gasteiger partial charge in [-0.05, 0) is 89.9 Å². The highest BCUT2D eigenvalue weighted by Gasteiger charge is 2.20. The molecule has 0 saturated heterocycles. The molecule has 3 N–H and O–H groups in total. The normalized spacial score (nSPS) is 13.0. The van der Waals surface area contributed by atoms with Crippen molar-refractivity contribution in [2.45, 2.75) is 309 Å². The highest BCUT2D eigenvalue weighted by atomic mass is 16.5. The van der Waals surface area contributed by atoms with Gasteiger partial charge in [0.2, 0.25) is 5.91 Å². The van der Waals surface area contributed by atoms with Crippen LogP contribution in [-0.4, -0.2) is 47.4 Å². The molecule has 2 atom stereocenters. The van der Waals surface area contributed by atoms with Crippen LogP contribution in [0, 0.1) is 0 Å². The lowest BCUT2D eigenvalue weighted by atomic mass is 10.0. The molecule has 0 aliphatic carbocycles. The average molecular weight is 927 g/mol. The smallest absolute Gasteiger partial charge is 0.305 e. The number of hydrogen-bond donors (Lipinski definition) is 3. The van der Waals surface area contributed by atoms with Crippen molar-refractivity contribution < 1.29 is 24.5 Å². The first kappa shape index (κ1) is 63.8. The van der Waals surface area contributed by atoms with E-state index in [2.05, 4.69) is 67.8 Å². The lowest BCUT2D eigenvalue weighted by Crippen LogP contribution is -2.45. The number of carbonyl (C=O) groups is 2. The van der Waals surface area contributed by atoms with Gasteiger partial charge < -0.3 is 20.3 Å². The van der Waals surface area contributed by atoms with Crippen LogP contribution >= 0.6 is 0 Å². The van der Waals surface area contributed by atoms with Crippen molar-refractivity contribution in [1.29, 1.82) is 0 Å². The van der Waals surface area contributed by atoms with Gasteiger partial charge in [0.05, 0.1) is 25.4 Å². The van der Waals surface area contributed by atoms with Gasteiger partial charge in [0.25, 0.3) is 0 Å². The quantitative estimate of drug-likeness (QED) is 0.0321. The molecule has 0 spiro atoms. The van der Waals surface area contributed by atoms with Crippen molar-refractivity contribution in [3.05, 3.63) is 48.6 Å². The van der Waals surface area contributed by atoms with Crippen LogP contribution in [0.4, 0.5) is 0 Å². The second-order valence-electron chi connectivity index (χ2n) is 19.6. The Hall–Kier alpha value is -2.18. The second kappa shape index (κ2) is 55.4. The van der Waals surface area contributed by atoms with Crippen molar-refractivity contribution in [1.82, 2.24) is 5.32 Å². The van der Waals surface area contributed by atoms with Gasteiger partial charge in [-0.3, -0.25) is 9.59 Å². The van der Waals surface area contributed by atoms with Crippen molar-refractivity contribution in [3.63, 3.8) is 0 Å². The summed E-state index contributed by atoms with van der Waals surface area (Å²) in [5.41, 5.74) is 0. The third-order valence-electron chi connectivity index (χ3n) is 13.1. The van der Waals surface area contributed by atoms with E-state index in [1.807, 2.05) is 0 Å². The number of nitrogens with one attached hydrogen (secondary N) is 1. The van der Waals surface area contributed by atoms with Crippen LogP contribution < -0.4 is 5.32 Å². The molecule has 0 aromatic heterocycles. The van der Waals surface area contributed by atoms with Crippen LogP contribution in [-0.2, 0) is 14.3 Å². The van der Waals surface area contributed by atoms with E-state index in [1.165, 1.54) is 167 Å². The number of esters is 1. The van der Waals surface area contributed by atoms with Crippen molar-refractivity contribution in [3.8, 4) is 0 Å². The van der Waals surface area contributed by atoms with E-state index < -0.39 is 12.1 Å². The van der Waals surface area contributed by atoms with Gasteiger partial charge in [0.1, 0.15) is 0 Å². The first-order valence-electron chi connectivity index (χ1n) is 28.9. The topological polar surface area (TPSA) is 95.9 Å². The molecule has 0 bridgehead atoms. The van der Waals surface area contributed by atoms with E-state index >= 15 is 0 Å². The summed E-state index contributed by atoms with van der Waals surface area (Å²) in [4.78, 5) is 24.5. The minimum Gasteiger partial charge on any atom is -0.466 e. The number of carbonyl (C=O) groups excluding carboxylic acids is 2. The number of aliphatic hydroxyl groups excluding tert-OH is 2. The summed E-state index contributed by atoms with van der Waals surface area (Å²) in [5.74, 6) is -0.0810. The van der Waals surface area contributed by atoms with Crippen LogP contribution in [0.1, 0.15) is 296 Å². The van der Waals surface area contributed by atoms with E-state index in [9.17, 15) is 19.8 Å². The average Bonchev–Trinajstić information content (AvgIpc) is 3.32. The Balaban J connectivity index is 3.51. The molecule has 0 fully saturated rings. The zero-order valence-corrected chi connectivity index (χ0v) is 43.9. The fraction of sp³-hybridized carbons (Fsp3) is 0.833. The van der Waals surface area contributed by atoms with Crippen LogP contribution in [0.2, 0.25) is 0 Å². The van der Waals surface area contributed by atoms with E-state index in [1.54, 1.807) is 0 Å². The van der Waals surface area contributed by atoms with Crippen LogP contribution in [0.15, 0.2) is 48.6 Å². The first-order valence-corrected chi connectivity index (χ1v) is 28.9. The molecule has 0 aromatic rings. The monoisotopic (exact) mass is 926 g/mol.